The van der Waals surface area contributed by atoms with Gasteiger partial charge in [0.2, 0.25) is 10.0 Å². The number of aryl methyl sites for hydroxylation is 3. The van der Waals surface area contributed by atoms with Crippen LogP contribution in [0.2, 0.25) is 0 Å². The predicted molar refractivity (Wildman–Crippen MR) is 93.9 cm³/mol. The number of nitrogens with zero attached hydrogens (tertiary/aromatic N) is 6. The molecule has 1 aliphatic rings. The molecule has 0 saturated carbocycles. The smallest absolute Gasteiger partial charge is 0.244 e. The van der Waals surface area contributed by atoms with Gasteiger partial charge in [0.25, 0.3) is 0 Å². The van der Waals surface area contributed by atoms with Crippen LogP contribution < -0.4 is 0 Å². The van der Waals surface area contributed by atoms with Gasteiger partial charge in [-0.25, -0.2) is 13.4 Å². The molecule has 10 heteroatoms. The Morgan fingerprint density at radius 1 is 1.27 bits per heavy atom. The lowest BCUT2D eigenvalue weighted by molar-refractivity contribution is -0.00259. The monoisotopic (exact) mass is 376 g/mol. The van der Waals surface area contributed by atoms with Gasteiger partial charge < -0.3 is 4.74 Å². The van der Waals surface area contributed by atoms with Gasteiger partial charge in [-0.3, -0.25) is 9.36 Å². The summed E-state index contributed by atoms with van der Waals surface area (Å²) in [6.07, 6.45) is 4.61. The van der Waals surface area contributed by atoms with Crippen LogP contribution in [0.1, 0.15) is 17.4 Å². The van der Waals surface area contributed by atoms with E-state index in [0.717, 1.165) is 16.6 Å². The average molecular weight is 376 g/mol. The number of hydrogen-bond donors (Lipinski definition) is 0. The maximum absolute atomic E-state index is 13.1. The Bertz CT molecular complexity index is 1070. The standard InChI is InChI=1S/C16H20N6O3S/c1-11-14-6-13(8-17-16(14)21(3)19-11)26(23,24)22-4-5-25-15(10-22)12-7-18-20(2)9-12/h6-9,15H,4-5,10H2,1-3H3/t15-/m1/s1. The van der Waals surface area contributed by atoms with Crippen molar-refractivity contribution in [3.63, 3.8) is 0 Å². The molecule has 0 unspecified atom stereocenters. The van der Waals surface area contributed by atoms with E-state index in [2.05, 4.69) is 15.2 Å². The molecule has 4 heterocycles. The first-order valence-corrected chi connectivity index (χ1v) is 9.70. The summed E-state index contributed by atoms with van der Waals surface area (Å²) in [4.78, 5) is 4.47. The van der Waals surface area contributed by atoms with E-state index < -0.39 is 10.0 Å². The van der Waals surface area contributed by atoms with Crippen LogP contribution in [0.4, 0.5) is 0 Å². The van der Waals surface area contributed by atoms with E-state index in [1.165, 1.54) is 10.5 Å². The summed E-state index contributed by atoms with van der Waals surface area (Å²) in [6.45, 7) is 2.73. The Morgan fingerprint density at radius 3 is 2.81 bits per heavy atom. The summed E-state index contributed by atoms with van der Waals surface area (Å²) in [5, 5.41) is 9.17. The molecule has 0 aromatic carbocycles. The second-order valence-corrected chi connectivity index (χ2v) is 8.36. The first-order chi connectivity index (χ1) is 12.4. The van der Waals surface area contributed by atoms with E-state index in [-0.39, 0.29) is 17.5 Å². The van der Waals surface area contributed by atoms with E-state index in [9.17, 15) is 8.42 Å². The van der Waals surface area contributed by atoms with Gasteiger partial charge >= 0.3 is 0 Å². The minimum atomic E-state index is -3.67. The third-order valence-corrected chi connectivity index (χ3v) is 6.43. The van der Waals surface area contributed by atoms with Gasteiger partial charge in [-0.2, -0.15) is 14.5 Å². The molecule has 9 nitrogen and oxygen atoms in total. The normalized spacial score (nSPS) is 19.3. The highest BCUT2D eigenvalue weighted by atomic mass is 32.2. The van der Waals surface area contributed by atoms with Crippen LogP contribution in [0.3, 0.4) is 0 Å². The van der Waals surface area contributed by atoms with Gasteiger partial charge in [-0.1, -0.05) is 0 Å². The van der Waals surface area contributed by atoms with Crippen LogP contribution in [-0.4, -0.2) is 57.0 Å². The van der Waals surface area contributed by atoms with Gasteiger partial charge in [-0.05, 0) is 13.0 Å². The highest BCUT2D eigenvalue weighted by Gasteiger charge is 2.32. The zero-order valence-electron chi connectivity index (χ0n) is 14.8. The second-order valence-electron chi connectivity index (χ2n) is 6.42. The van der Waals surface area contributed by atoms with E-state index >= 15 is 0 Å². The summed E-state index contributed by atoms with van der Waals surface area (Å²) in [6, 6.07) is 1.65. The lowest BCUT2D eigenvalue weighted by Crippen LogP contribution is -2.42. The molecule has 1 aliphatic heterocycles. The third-order valence-electron chi connectivity index (χ3n) is 4.60. The molecule has 3 aromatic heterocycles. The number of ether oxygens (including phenoxy) is 1. The van der Waals surface area contributed by atoms with Crippen molar-refractivity contribution in [2.45, 2.75) is 17.9 Å². The highest BCUT2D eigenvalue weighted by molar-refractivity contribution is 7.89. The van der Waals surface area contributed by atoms with Crippen LogP contribution in [-0.2, 0) is 28.9 Å². The van der Waals surface area contributed by atoms with Crippen LogP contribution in [0.25, 0.3) is 11.0 Å². The van der Waals surface area contributed by atoms with Gasteiger partial charge in [0.05, 0.1) is 24.6 Å². The van der Waals surface area contributed by atoms with Crippen molar-refractivity contribution in [3.05, 3.63) is 35.9 Å². The first kappa shape index (κ1) is 17.1. The Morgan fingerprint density at radius 2 is 2.08 bits per heavy atom. The molecule has 0 bridgehead atoms. The van der Waals surface area contributed by atoms with Gasteiger partial charge in [0.15, 0.2) is 5.65 Å². The Kier molecular flexibility index (Phi) is 4.05. The molecule has 1 atom stereocenters. The molecule has 0 spiro atoms. The summed E-state index contributed by atoms with van der Waals surface area (Å²) in [5.41, 5.74) is 2.28. The molecular formula is C16H20N6O3S. The van der Waals surface area contributed by atoms with Crippen molar-refractivity contribution < 1.29 is 13.2 Å². The maximum Gasteiger partial charge on any atom is 0.244 e. The van der Waals surface area contributed by atoms with Crippen molar-refractivity contribution in [1.82, 2.24) is 28.9 Å². The van der Waals surface area contributed by atoms with E-state index in [1.807, 2.05) is 20.2 Å². The topological polar surface area (TPSA) is 95.1 Å². The SMILES string of the molecule is Cc1nn(C)c2ncc(S(=O)(=O)N3CCO[C@@H](c4cnn(C)c4)C3)cc12. The van der Waals surface area contributed by atoms with Gasteiger partial charge in [0.1, 0.15) is 4.90 Å². The van der Waals surface area contributed by atoms with E-state index in [4.69, 9.17) is 4.74 Å². The van der Waals surface area contributed by atoms with Crippen molar-refractivity contribution in [1.29, 1.82) is 0 Å². The molecule has 0 amide bonds. The van der Waals surface area contributed by atoms with Crippen molar-refractivity contribution >= 4 is 21.1 Å². The molecule has 0 aliphatic carbocycles. The van der Waals surface area contributed by atoms with Crippen LogP contribution >= 0.6 is 0 Å². The zero-order chi connectivity index (χ0) is 18.5. The number of rotatable bonds is 3. The summed E-state index contributed by atoms with van der Waals surface area (Å²) >= 11 is 0. The Balaban J connectivity index is 1.66. The molecule has 3 aromatic rings. The van der Waals surface area contributed by atoms with Crippen LogP contribution in [0.5, 0.6) is 0 Å². The summed E-state index contributed by atoms with van der Waals surface area (Å²) < 4.78 is 36.7. The number of hydrogen-bond acceptors (Lipinski definition) is 6. The summed E-state index contributed by atoms with van der Waals surface area (Å²) in [5.74, 6) is 0. The summed E-state index contributed by atoms with van der Waals surface area (Å²) in [7, 11) is -0.0624. The molecule has 138 valence electrons. The minimum absolute atomic E-state index is 0.174. The highest BCUT2D eigenvalue weighted by Crippen LogP contribution is 2.27. The van der Waals surface area contributed by atoms with Crippen molar-refractivity contribution in [2.24, 2.45) is 14.1 Å². The van der Waals surface area contributed by atoms with Gasteiger partial charge in [-0.15, -0.1) is 0 Å². The van der Waals surface area contributed by atoms with Crippen LogP contribution in [0.15, 0.2) is 29.6 Å². The lowest BCUT2D eigenvalue weighted by atomic mass is 10.2. The quantitative estimate of drug-likeness (QED) is 0.670. The van der Waals surface area contributed by atoms with E-state index in [1.54, 1.807) is 28.7 Å². The fourth-order valence-electron chi connectivity index (χ4n) is 3.23. The third kappa shape index (κ3) is 2.79. The number of pyridine rings is 1. The Labute approximate surface area is 151 Å². The molecule has 26 heavy (non-hydrogen) atoms. The number of morpholine rings is 1. The zero-order valence-corrected chi connectivity index (χ0v) is 15.6. The number of fused-ring (bicyclic) bond motifs is 1. The first-order valence-electron chi connectivity index (χ1n) is 8.26. The molecule has 0 radical (unpaired) electrons. The van der Waals surface area contributed by atoms with Crippen LogP contribution in [0, 0.1) is 6.92 Å². The molecule has 0 N–H and O–H groups in total. The van der Waals surface area contributed by atoms with Gasteiger partial charge in [0, 0.05) is 50.5 Å². The average Bonchev–Trinajstić information content (AvgIpc) is 3.18. The van der Waals surface area contributed by atoms with Crippen molar-refractivity contribution in [2.75, 3.05) is 19.7 Å². The molecule has 4 rings (SSSR count). The number of aromatic nitrogens is 5. The van der Waals surface area contributed by atoms with Crippen molar-refractivity contribution in [3.8, 4) is 0 Å². The lowest BCUT2D eigenvalue weighted by Gasteiger charge is -2.31. The Hall–Kier alpha value is -2.30. The fraction of sp³-hybridized carbons (Fsp3) is 0.438. The fourth-order valence-corrected chi connectivity index (χ4v) is 4.63. The predicted octanol–water partition coefficient (Wildman–Crippen LogP) is 0.772. The maximum atomic E-state index is 13.1. The minimum Gasteiger partial charge on any atom is -0.371 e. The molecule has 1 saturated heterocycles. The molecular weight excluding hydrogens is 356 g/mol. The largest absolute Gasteiger partial charge is 0.371 e. The molecule has 1 fully saturated rings. The second kappa shape index (κ2) is 6.15. The van der Waals surface area contributed by atoms with E-state index in [0.29, 0.717) is 18.8 Å². The number of sulfonamides is 1.